The lowest BCUT2D eigenvalue weighted by Crippen LogP contribution is -2.31. The summed E-state index contributed by atoms with van der Waals surface area (Å²) in [7, 11) is 3.41. The highest BCUT2D eigenvalue weighted by molar-refractivity contribution is 6.15. The molecule has 0 saturated heterocycles. The molecule has 0 saturated carbocycles. The maximum absolute atomic E-state index is 7.26. The highest BCUT2D eigenvalue weighted by Gasteiger charge is 2.31. The lowest BCUT2D eigenvalue weighted by molar-refractivity contribution is -0.635. The van der Waals surface area contributed by atoms with Gasteiger partial charge in [-0.15, -0.1) is 4.70 Å². The third-order valence-electron chi connectivity index (χ3n) is 1.29. The number of hydrogen-bond donors (Lipinski definition) is 1. The Balaban J connectivity index is 2.82. The van der Waals surface area contributed by atoms with Crippen LogP contribution in [0.15, 0.2) is 12.2 Å². The summed E-state index contributed by atoms with van der Waals surface area (Å²) in [6.07, 6.45) is 3.94. The number of nitrogens with one attached hydrogen (secondary N) is 1. The van der Waals surface area contributed by atoms with Crippen LogP contribution in [0.2, 0.25) is 0 Å². The SMILES string of the molecule is CC1([Si])C=CC[N+]1=N. The zero-order valence-corrected chi connectivity index (χ0v) is 5.81. The third kappa shape index (κ3) is 0.732. The van der Waals surface area contributed by atoms with Crippen molar-refractivity contribution in [3.63, 3.8) is 0 Å². The monoisotopic (exact) mass is 124 g/mol. The van der Waals surface area contributed by atoms with E-state index in [1.807, 2.05) is 19.1 Å². The van der Waals surface area contributed by atoms with Crippen molar-refractivity contribution in [3.05, 3.63) is 12.2 Å². The van der Waals surface area contributed by atoms with Gasteiger partial charge >= 0.3 is 0 Å². The normalized spacial score (nSPS) is 36.5. The summed E-state index contributed by atoms with van der Waals surface area (Å²) >= 11 is 0. The largest absolute Gasteiger partial charge is 0.187 e. The highest BCUT2D eigenvalue weighted by Crippen LogP contribution is 2.11. The van der Waals surface area contributed by atoms with Gasteiger partial charge in [-0.05, 0) is 12.2 Å². The molecule has 0 fully saturated rings. The first kappa shape index (κ1) is 5.69. The van der Waals surface area contributed by atoms with Gasteiger partial charge in [0.2, 0.25) is 0 Å². The smallest absolute Gasteiger partial charge is 0.123 e. The van der Waals surface area contributed by atoms with E-state index >= 15 is 0 Å². The zero-order valence-electron chi connectivity index (χ0n) is 4.81. The summed E-state index contributed by atoms with van der Waals surface area (Å²) in [5.74, 6) is 0. The summed E-state index contributed by atoms with van der Waals surface area (Å²) in [6, 6.07) is 0. The molecule has 1 rings (SSSR count). The van der Waals surface area contributed by atoms with E-state index in [0.717, 1.165) is 6.54 Å². The minimum Gasteiger partial charge on any atom is -0.123 e. The van der Waals surface area contributed by atoms with E-state index in [0.29, 0.717) is 0 Å². The Hall–Kier alpha value is -0.443. The lowest BCUT2D eigenvalue weighted by atomic mass is 10.3. The summed E-state index contributed by atoms with van der Waals surface area (Å²) in [4.78, 5) is 0. The molecule has 1 N–H and O–H groups in total. The number of nitrogens with zero attached hydrogens (tertiary/aromatic N) is 1. The molecule has 1 aliphatic rings. The van der Waals surface area contributed by atoms with Gasteiger partial charge in [0.1, 0.15) is 10.2 Å². The third-order valence-corrected chi connectivity index (χ3v) is 1.73. The van der Waals surface area contributed by atoms with Crippen molar-refractivity contribution in [1.82, 2.24) is 0 Å². The van der Waals surface area contributed by atoms with Crippen molar-refractivity contribution in [2.45, 2.75) is 12.1 Å². The van der Waals surface area contributed by atoms with Crippen LogP contribution in [0.5, 0.6) is 0 Å². The average Bonchev–Trinajstić information content (AvgIpc) is 1.86. The molecule has 1 atom stereocenters. The Morgan fingerprint density at radius 1 is 1.88 bits per heavy atom. The molecule has 41 valence electrons. The van der Waals surface area contributed by atoms with E-state index in [1.165, 1.54) is 4.70 Å². The van der Waals surface area contributed by atoms with Crippen LogP contribution in [0.1, 0.15) is 6.92 Å². The molecule has 0 bridgehead atoms. The summed E-state index contributed by atoms with van der Waals surface area (Å²) in [5.41, 5.74) is 7.26. The van der Waals surface area contributed by atoms with E-state index in [2.05, 4.69) is 10.2 Å². The highest BCUT2D eigenvalue weighted by atomic mass is 28.1. The molecule has 2 nitrogen and oxygen atoms in total. The topological polar surface area (TPSA) is 26.9 Å². The summed E-state index contributed by atoms with van der Waals surface area (Å²) in [5, 5.41) is -0.222. The molecule has 0 aromatic rings. The van der Waals surface area contributed by atoms with Gasteiger partial charge in [0.05, 0.1) is 0 Å². The second-order valence-electron chi connectivity index (χ2n) is 2.16. The van der Waals surface area contributed by atoms with Crippen LogP contribution in [0.3, 0.4) is 0 Å². The van der Waals surface area contributed by atoms with E-state index in [9.17, 15) is 0 Å². The van der Waals surface area contributed by atoms with Crippen molar-refractivity contribution in [2.24, 2.45) is 0 Å². The molecule has 1 unspecified atom stereocenters. The van der Waals surface area contributed by atoms with Crippen molar-refractivity contribution in [2.75, 3.05) is 6.54 Å². The van der Waals surface area contributed by atoms with Gasteiger partial charge in [-0.25, -0.2) is 0 Å². The standard InChI is InChI=1S/C5H8N2Si/c1-5(8)3-2-4-7(5)6/h2-3,6H,4H2,1H3/q+1. The van der Waals surface area contributed by atoms with Gasteiger partial charge in [-0.2, -0.15) is 0 Å². The van der Waals surface area contributed by atoms with Gasteiger partial charge in [-0.1, -0.05) is 5.53 Å². The van der Waals surface area contributed by atoms with Crippen molar-refractivity contribution in [3.8, 4) is 0 Å². The Morgan fingerprint density at radius 3 is 2.62 bits per heavy atom. The first-order valence-corrected chi connectivity index (χ1v) is 3.04. The van der Waals surface area contributed by atoms with E-state index in [1.54, 1.807) is 0 Å². The maximum Gasteiger partial charge on any atom is 0.187 e. The van der Waals surface area contributed by atoms with Crippen LogP contribution in [-0.2, 0) is 0 Å². The van der Waals surface area contributed by atoms with Gasteiger partial charge < -0.3 is 0 Å². The molecule has 1 aliphatic heterocycles. The molecule has 1 heterocycles. The van der Waals surface area contributed by atoms with Gasteiger partial charge in [0, 0.05) is 6.92 Å². The molecule has 0 aliphatic carbocycles. The Kier molecular flexibility index (Phi) is 1.08. The second-order valence-corrected chi connectivity index (χ2v) is 3.17. The number of rotatable bonds is 0. The van der Waals surface area contributed by atoms with E-state index in [4.69, 9.17) is 5.53 Å². The van der Waals surface area contributed by atoms with Crippen molar-refractivity contribution >= 4 is 10.2 Å². The first-order valence-electron chi connectivity index (χ1n) is 2.54. The van der Waals surface area contributed by atoms with Crippen LogP contribution >= 0.6 is 0 Å². The molecular weight excluding hydrogens is 116 g/mol. The summed E-state index contributed by atoms with van der Waals surface area (Å²) in [6.45, 7) is 2.67. The molecule has 3 heteroatoms. The molecule has 8 heavy (non-hydrogen) atoms. The van der Waals surface area contributed by atoms with Crippen LogP contribution in [0.25, 0.3) is 0 Å². The minimum absolute atomic E-state index is 0.222. The van der Waals surface area contributed by atoms with Crippen molar-refractivity contribution < 1.29 is 4.70 Å². The fraction of sp³-hybridized carbons (Fsp3) is 0.600. The fourth-order valence-corrected chi connectivity index (χ4v) is 0.876. The summed E-state index contributed by atoms with van der Waals surface area (Å²) < 4.78 is 1.48. The maximum atomic E-state index is 7.26. The quantitative estimate of drug-likeness (QED) is 0.276. The first-order chi connectivity index (χ1) is 3.63. The van der Waals surface area contributed by atoms with Gasteiger partial charge in [-0.3, -0.25) is 0 Å². The average molecular weight is 124 g/mol. The molecular formula is C5H8N2Si+. The van der Waals surface area contributed by atoms with Gasteiger partial charge in [0.15, 0.2) is 11.7 Å². The molecule has 0 amide bonds. The Labute approximate surface area is 52.1 Å². The molecule has 0 aromatic carbocycles. The lowest BCUT2D eigenvalue weighted by Gasteiger charge is -2.06. The fourth-order valence-electron chi connectivity index (χ4n) is 0.667. The van der Waals surface area contributed by atoms with Gasteiger partial charge in [0.25, 0.3) is 0 Å². The van der Waals surface area contributed by atoms with E-state index in [-0.39, 0.29) is 5.16 Å². The van der Waals surface area contributed by atoms with Crippen LogP contribution < -0.4 is 0 Å². The Bertz CT molecular complexity index is 149. The predicted octanol–water partition coefficient (Wildman–Crippen LogP) is 0.484. The Morgan fingerprint density at radius 2 is 2.50 bits per heavy atom. The molecule has 0 aromatic heterocycles. The zero-order chi connectivity index (χ0) is 6.20. The minimum atomic E-state index is -0.222. The van der Waals surface area contributed by atoms with E-state index < -0.39 is 0 Å². The van der Waals surface area contributed by atoms with Crippen LogP contribution in [0.4, 0.5) is 0 Å². The molecule has 3 radical (unpaired) electrons. The van der Waals surface area contributed by atoms with Crippen molar-refractivity contribution in [1.29, 1.82) is 5.53 Å². The van der Waals surface area contributed by atoms with Crippen LogP contribution in [-0.4, -0.2) is 26.6 Å². The molecule has 0 spiro atoms. The predicted molar refractivity (Wildman–Crippen MR) is 31.1 cm³/mol. The van der Waals surface area contributed by atoms with Crippen LogP contribution in [0, 0.1) is 5.53 Å². The second kappa shape index (κ2) is 1.52. The number of hydrogen-bond acceptors (Lipinski definition) is 1.